The molecule has 3 heterocycles. The first-order valence-electron chi connectivity index (χ1n) is 17.2. The standard InChI is InChI=1S/C39H39N7O6/c1-50-33-23-32-31(22-34(33)52-18-8-15-45-16-19-51-20-17-45)36(41-25-40-32)43-44-37(47)27-12-7-13-29(21-27)42-38(48)35(26-9-3-2-4-10-26)46-24-28-11-5-6-14-30(28)39(46)49/h2-7,9-14,21-23,25,35H,8,15-20,24H2,1H3,(H,42,48)(H,44,47)(H,40,41,43). The third-order valence-corrected chi connectivity index (χ3v) is 9.11. The van der Waals surface area contributed by atoms with Crippen LogP contribution in [0, 0.1) is 0 Å². The zero-order chi connectivity index (χ0) is 35.9. The second-order valence-electron chi connectivity index (χ2n) is 12.5. The summed E-state index contributed by atoms with van der Waals surface area (Å²) in [6.45, 7) is 5.05. The molecule has 1 atom stereocenters. The predicted octanol–water partition coefficient (Wildman–Crippen LogP) is 4.83. The number of anilines is 2. The lowest BCUT2D eigenvalue weighted by atomic mass is 10.0. The molecule has 0 saturated carbocycles. The molecule has 13 nitrogen and oxygen atoms in total. The van der Waals surface area contributed by atoms with Gasteiger partial charge >= 0.3 is 0 Å². The lowest BCUT2D eigenvalue weighted by Crippen LogP contribution is -2.37. The molecule has 0 bridgehead atoms. The van der Waals surface area contributed by atoms with Gasteiger partial charge in [-0.1, -0.05) is 54.6 Å². The monoisotopic (exact) mass is 701 g/mol. The minimum Gasteiger partial charge on any atom is -0.493 e. The second-order valence-corrected chi connectivity index (χ2v) is 12.5. The van der Waals surface area contributed by atoms with Crippen molar-refractivity contribution in [3.8, 4) is 11.5 Å². The summed E-state index contributed by atoms with van der Waals surface area (Å²) in [6, 6.07) is 25.8. The highest BCUT2D eigenvalue weighted by molar-refractivity contribution is 6.04. The number of hydrogen-bond donors (Lipinski definition) is 3. The molecule has 1 saturated heterocycles. The highest BCUT2D eigenvalue weighted by atomic mass is 16.5. The van der Waals surface area contributed by atoms with Crippen LogP contribution in [0.2, 0.25) is 0 Å². The number of benzene rings is 4. The van der Waals surface area contributed by atoms with E-state index in [9.17, 15) is 14.4 Å². The first-order chi connectivity index (χ1) is 25.5. The van der Waals surface area contributed by atoms with Crippen LogP contribution in [0.4, 0.5) is 11.5 Å². The van der Waals surface area contributed by atoms with Crippen molar-refractivity contribution < 1.29 is 28.6 Å². The van der Waals surface area contributed by atoms with Crippen LogP contribution in [0.25, 0.3) is 10.9 Å². The molecule has 0 aliphatic carbocycles. The first-order valence-corrected chi connectivity index (χ1v) is 17.2. The summed E-state index contributed by atoms with van der Waals surface area (Å²) >= 11 is 0. The molecule has 13 heteroatoms. The van der Waals surface area contributed by atoms with Crippen LogP contribution in [0.5, 0.6) is 11.5 Å². The van der Waals surface area contributed by atoms with E-state index in [4.69, 9.17) is 14.2 Å². The SMILES string of the molecule is COc1cc2ncnc(NNC(=O)c3cccc(NC(=O)C(c4ccccc4)N4Cc5ccccc5C4=O)c3)c2cc1OCCCN1CCOCC1. The molecule has 0 radical (unpaired) electrons. The number of hydrogen-bond acceptors (Lipinski definition) is 10. The molecule has 52 heavy (non-hydrogen) atoms. The second kappa shape index (κ2) is 15.9. The van der Waals surface area contributed by atoms with E-state index in [1.54, 1.807) is 54.5 Å². The molecular weight excluding hydrogens is 662 g/mol. The Kier molecular flexibility index (Phi) is 10.5. The lowest BCUT2D eigenvalue weighted by molar-refractivity contribution is -0.120. The summed E-state index contributed by atoms with van der Waals surface area (Å²) in [5.41, 5.74) is 9.03. The first kappa shape index (κ1) is 34.4. The Morgan fingerprint density at radius 3 is 2.54 bits per heavy atom. The van der Waals surface area contributed by atoms with E-state index in [0.29, 0.717) is 58.2 Å². The molecule has 2 aliphatic heterocycles. The van der Waals surface area contributed by atoms with Gasteiger partial charge in [0.05, 0.1) is 32.4 Å². The van der Waals surface area contributed by atoms with Crippen LogP contribution in [0.15, 0.2) is 97.3 Å². The number of methoxy groups -OCH3 is 1. The quantitative estimate of drug-likeness (QED) is 0.115. The van der Waals surface area contributed by atoms with E-state index in [2.05, 4.69) is 31.0 Å². The van der Waals surface area contributed by atoms with Gasteiger partial charge in [0.25, 0.3) is 17.7 Å². The van der Waals surface area contributed by atoms with E-state index < -0.39 is 17.9 Å². The molecule has 1 unspecified atom stereocenters. The Balaban J connectivity index is 1.02. The average molecular weight is 702 g/mol. The van der Waals surface area contributed by atoms with Crippen LogP contribution in [-0.2, 0) is 16.1 Å². The minimum atomic E-state index is -0.886. The van der Waals surface area contributed by atoms with Gasteiger partial charge in [0.1, 0.15) is 12.4 Å². The maximum atomic E-state index is 13.9. The van der Waals surface area contributed by atoms with Gasteiger partial charge in [-0.05, 0) is 47.9 Å². The van der Waals surface area contributed by atoms with Gasteiger partial charge in [0.15, 0.2) is 17.3 Å². The van der Waals surface area contributed by atoms with Crippen molar-refractivity contribution in [1.29, 1.82) is 0 Å². The molecule has 1 fully saturated rings. The van der Waals surface area contributed by atoms with Crippen molar-refractivity contribution in [3.05, 3.63) is 120 Å². The Labute approximate surface area is 300 Å². The normalized spacial score (nSPS) is 14.8. The van der Waals surface area contributed by atoms with Crippen LogP contribution in [-0.4, -0.2) is 84.1 Å². The van der Waals surface area contributed by atoms with Crippen molar-refractivity contribution in [2.45, 2.75) is 19.0 Å². The number of hydrazine groups is 1. The summed E-state index contributed by atoms with van der Waals surface area (Å²) < 4.78 is 17.1. The van der Waals surface area contributed by atoms with Gasteiger partial charge in [-0.3, -0.25) is 30.1 Å². The fourth-order valence-corrected chi connectivity index (χ4v) is 6.46. The number of carbonyl (C=O) groups excluding carboxylic acids is 3. The third kappa shape index (κ3) is 7.65. The van der Waals surface area contributed by atoms with Crippen molar-refractivity contribution >= 4 is 40.1 Å². The van der Waals surface area contributed by atoms with Gasteiger partial charge in [0.2, 0.25) is 0 Å². The van der Waals surface area contributed by atoms with Crippen molar-refractivity contribution in [2.24, 2.45) is 0 Å². The Hall–Kier alpha value is -6.05. The van der Waals surface area contributed by atoms with E-state index in [-0.39, 0.29) is 11.5 Å². The fraction of sp³-hybridized carbons (Fsp3) is 0.256. The maximum Gasteiger partial charge on any atom is 0.269 e. The van der Waals surface area contributed by atoms with E-state index in [1.807, 2.05) is 48.5 Å². The minimum absolute atomic E-state index is 0.211. The fourth-order valence-electron chi connectivity index (χ4n) is 6.46. The largest absolute Gasteiger partial charge is 0.493 e. The third-order valence-electron chi connectivity index (χ3n) is 9.11. The maximum absolute atomic E-state index is 13.9. The van der Waals surface area contributed by atoms with Gasteiger partial charge in [-0.2, -0.15) is 0 Å². The number of carbonyl (C=O) groups is 3. The molecule has 1 aromatic heterocycles. The molecular formula is C39H39N7O6. The van der Waals surface area contributed by atoms with Crippen LogP contribution >= 0.6 is 0 Å². The highest BCUT2D eigenvalue weighted by Gasteiger charge is 2.37. The molecule has 0 spiro atoms. The molecule has 7 rings (SSSR count). The number of aromatic nitrogens is 2. The smallest absolute Gasteiger partial charge is 0.269 e. The van der Waals surface area contributed by atoms with Crippen LogP contribution in [0.1, 0.15) is 44.3 Å². The summed E-state index contributed by atoms with van der Waals surface area (Å²) in [4.78, 5) is 53.3. The topological polar surface area (TPSA) is 147 Å². The summed E-state index contributed by atoms with van der Waals surface area (Å²) in [6.07, 6.45) is 2.23. The summed E-state index contributed by atoms with van der Waals surface area (Å²) in [7, 11) is 1.58. The van der Waals surface area contributed by atoms with E-state index in [1.165, 1.54) is 6.33 Å². The van der Waals surface area contributed by atoms with Crippen LogP contribution < -0.4 is 25.6 Å². The predicted molar refractivity (Wildman–Crippen MR) is 195 cm³/mol. The molecule has 2 aliphatic rings. The molecule has 3 amide bonds. The van der Waals surface area contributed by atoms with Gasteiger partial charge in [-0.15, -0.1) is 0 Å². The molecule has 5 aromatic rings. The number of fused-ring (bicyclic) bond motifs is 2. The summed E-state index contributed by atoms with van der Waals surface area (Å²) in [5.74, 6) is 0.380. The number of amides is 3. The Bertz CT molecular complexity index is 2070. The zero-order valence-electron chi connectivity index (χ0n) is 28.7. The summed E-state index contributed by atoms with van der Waals surface area (Å²) in [5, 5.41) is 3.55. The Morgan fingerprint density at radius 1 is 0.923 bits per heavy atom. The van der Waals surface area contributed by atoms with Gasteiger partial charge in [0, 0.05) is 54.4 Å². The van der Waals surface area contributed by atoms with Crippen molar-refractivity contribution in [2.75, 3.05) is 57.3 Å². The van der Waals surface area contributed by atoms with E-state index in [0.717, 1.165) is 44.8 Å². The molecule has 266 valence electrons. The average Bonchev–Trinajstić information content (AvgIpc) is 3.51. The van der Waals surface area contributed by atoms with Crippen LogP contribution in [0.3, 0.4) is 0 Å². The van der Waals surface area contributed by atoms with Gasteiger partial charge < -0.3 is 24.4 Å². The Morgan fingerprint density at radius 2 is 1.73 bits per heavy atom. The zero-order valence-corrected chi connectivity index (χ0v) is 28.7. The van der Waals surface area contributed by atoms with Crippen molar-refractivity contribution in [1.82, 2.24) is 25.2 Å². The molecule has 3 N–H and O–H groups in total. The number of rotatable bonds is 13. The number of morpholine rings is 1. The number of nitrogens with zero attached hydrogens (tertiary/aromatic N) is 4. The lowest BCUT2D eigenvalue weighted by Gasteiger charge is -2.27. The number of nitrogens with one attached hydrogen (secondary N) is 3. The van der Waals surface area contributed by atoms with E-state index >= 15 is 0 Å². The van der Waals surface area contributed by atoms with Gasteiger partial charge in [-0.25, -0.2) is 9.97 Å². The number of ether oxygens (including phenoxy) is 3. The highest BCUT2D eigenvalue weighted by Crippen LogP contribution is 2.35. The van der Waals surface area contributed by atoms with Crippen molar-refractivity contribution in [3.63, 3.8) is 0 Å². The molecule has 4 aromatic carbocycles.